The predicted octanol–water partition coefficient (Wildman–Crippen LogP) is 6.00. The van der Waals surface area contributed by atoms with Crippen molar-refractivity contribution in [2.75, 3.05) is 0 Å². The van der Waals surface area contributed by atoms with Crippen molar-refractivity contribution in [3.05, 3.63) is 72.1 Å². The number of pyridine rings is 1. The van der Waals surface area contributed by atoms with Crippen LogP contribution in [-0.2, 0) is 6.42 Å². The summed E-state index contributed by atoms with van der Waals surface area (Å²) in [6.07, 6.45) is 10.5. The van der Waals surface area contributed by atoms with Crippen molar-refractivity contribution in [1.82, 2.24) is 14.8 Å². The zero-order valence-corrected chi connectivity index (χ0v) is 17.5. The van der Waals surface area contributed by atoms with Crippen molar-refractivity contribution < 1.29 is 5.11 Å². The number of fused-ring (bicyclic) bond motifs is 2. The van der Waals surface area contributed by atoms with Crippen LogP contribution in [0.4, 0.5) is 0 Å². The molecule has 2 unspecified atom stereocenters. The Morgan fingerprint density at radius 1 is 1.07 bits per heavy atom. The summed E-state index contributed by atoms with van der Waals surface area (Å²) in [6, 6.07) is 17.1. The Morgan fingerprint density at radius 2 is 1.90 bits per heavy atom. The fourth-order valence-electron chi connectivity index (χ4n) is 4.99. The molecule has 4 aromatic rings. The third kappa shape index (κ3) is 3.61. The summed E-state index contributed by atoms with van der Waals surface area (Å²) < 4.78 is 2.21. The molecule has 2 aromatic heterocycles. The van der Waals surface area contributed by atoms with Gasteiger partial charge in [-0.25, -0.2) is 0 Å². The van der Waals surface area contributed by atoms with Crippen LogP contribution in [0.15, 0.2) is 60.9 Å². The lowest BCUT2D eigenvalue weighted by Crippen LogP contribution is -2.14. The number of nitrogens with zero attached hydrogens (tertiary/aromatic N) is 3. The lowest BCUT2D eigenvalue weighted by atomic mass is 9.90. The molecule has 2 heterocycles. The quantitative estimate of drug-likeness (QED) is 0.448. The summed E-state index contributed by atoms with van der Waals surface area (Å²) in [5.41, 5.74) is 4.40. The Kier molecular flexibility index (Phi) is 5.26. The number of rotatable bonds is 5. The first kappa shape index (κ1) is 19.3. The van der Waals surface area contributed by atoms with Gasteiger partial charge < -0.3 is 5.11 Å². The van der Waals surface area contributed by atoms with E-state index in [1.165, 1.54) is 48.6 Å². The maximum atomic E-state index is 11.1. The van der Waals surface area contributed by atoms with Gasteiger partial charge in [-0.1, -0.05) is 50.5 Å². The van der Waals surface area contributed by atoms with Crippen LogP contribution < -0.4 is 0 Å². The van der Waals surface area contributed by atoms with E-state index >= 15 is 0 Å². The predicted molar refractivity (Wildman–Crippen MR) is 121 cm³/mol. The number of hydrogen-bond acceptors (Lipinski definition) is 3. The number of benzene rings is 2. The van der Waals surface area contributed by atoms with Crippen molar-refractivity contribution in [3.8, 4) is 0 Å². The molecule has 30 heavy (non-hydrogen) atoms. The van der Waals surface area contributed by atoms with Crippen molar-refractivity contribution >= 4 is 21.8 Å². The Bertz CT molecular complexity index is 1150. The number of hydrogen-bond donors (Lipinski definition) is 1. The summed E-state index contributed by atoms with van der Waals surface area (Å²) in [6.45, 7) is 2.12. The Labute approximate surface area is 177 Å². The highest BCUT2D eigenvalue weighted by atomic mass is 16.3. The highest BCUT2D eigenvalue weighted by Crippen LogP contribution is 2.33. The molecule has 154 valence electrons. The molecular formula is C26H29N3O. The van der Waals surface area contributed by atoms with Crippen LogP contribution in [0.2, 0.25) is 0 Å². The smallest absolute Gasteiger partial charge is 0.0818 e. The van der Waals surface area contributed by atoms with Crippen LogP contribution in [0.3, 0.4) is 0 Å². The van der Waals surface area contributed by atoms with Crippen LogP contribution in [0.1, 0.15) is 62.3 Å². The highest BCUT2D eigenvalue weighted by molar-refractivity contribution is 5.82. The summed E-state index contributed by atoms with van der Waals surface area (Å²) in [5, 5.41) is 18.1. The van der Waals surface area contributed by atoms with E-state index in [1.807, 2.05) is 30.6 Å². The molecule has 0 spiro atoms. The zero-order chi connectivity index (χ0) is 20.5. The monoisotopic (exact) mass is 399 g/mol. The lowest BCUT2D eigenvalue weighted by molar-refractivity contribution is 0.118. The van der Waals surface area contributed by atoms with Gasteiger partial charge in [0, 0.05) is 17.0 Å². The normalized spacial score (nSPS) is 17.4. The van der Waals surface area contributed by atoms with Crippen molar-refractivity contribution in [2.24, 2.45) is 5.92 Å². The lowest BCUT2D eigenvalue weighted by Gasteiger charge is -2.23. The third-order valence-corrected chi connectivity index (χ3v) is 6.70. The first-order chi connectivity index (χ1) is 14.7. The molecule has 0 amide bonds. The van der Waals surface area contributed by atoms with Crippen LogP contribution in [-0.4, -0.2) is 19.9 Å². The minimum absolute atomic E-state index is 0.0987. The molecule has 0 radical (unpaired) electrons. The zero-order valence-electron chi connectivity index (χ0n) is 17.5. The molecule has 4 heteroatoms. The minimum atomic E-state index is -0.514. The molecule has 0 bridgehead atoms. The van der Waals surface area contributed by atoms with Gasteiger partial charge in [0.2, 0.25) is 0 Å². The van der Waals surface area contributed by atoms with Crippen LogP contribution in [0, 0.1) is 5.92 Å². The van der Waals surface area contributed by atoms with E-state index in [0.29, 0.717) is 6.04 Å². The summed E-state index contributed by atoms with van der Waals surface area (Å²) >= 11 is 0. The molecule has 4 nitrogen and oxygen atoms in total. The van der Waals surface area contributed by atoms with Crippen molar-refractivity contribution in [1.29, 1.82) is 0 Å². The molecule has 0 saturated heterocycles. The molecule has 1 saturated carbocycles. The van der Waals surface area contributed by atoms with Crippen LogP contribution in [0.25, 0.3) is 21.8 Å². The Morgan fingerprint density at radius 3 is 2.77 bits per heavy atom. The van der Waals surface area contributed by atoms with Gasteiger partial charge in [-0.2, -0.15) is 5.10 Å². The average Bonchev–Trinajstić information content (AvgIpc) is 3.22. The number of aliphatic hydroxyl groups excluding tert-OH is 1. The number of aromatic nitrogens is 3. The van der Waals surface area contributed by atoms with Crippen LogP contribution in [0.5, 0.6) is 0 Å². The molecule has 5 rings (SSSR count). The minimum Gasteiger partial charge on any atom is -0.388 e. The molecule has 1 aliphatic carbocycles. The van der Waals surface area contributed by atoms with Crippen molar-refractivity contribution in [2.45, 2.75) is 57.6 Å². The van der Waals surface area contributed by atoms with E-state index in [4.69, 9.17) is 5.10 Å². The third-order valence-electron chi connectivity index (χ3n) is 6.70. The Balaban J connectivity index is 1.38. The summed E-state index contributed by atoms with van der Waals surface area (Å²) in [5.74, 6) is 0.0987. The van der Waals surface area contributed by atoms with Crippen molar-refractivity contribution in [3.63, 3.8) is 0 Å². The second-order valence-corrected chi connectivity index (χ2v) is 8.81. The Hall–Kier alpha value is -2.72. The number of aliphatic hydroxyl groups is 1. The second-order valence-electron chi connectivity index (χ2n) is 8.81. The molecule has 0 aliphatic heterocycles. The standard InChI is InChI=1S/C26H29N3O/c1-18(15-19-13-14-27-24-10-6-5-9-23(19)24)26(30)20-11-12-25-21(16-20)17-28-29(25)22-7-3-2-4-8-22/h5-6,9-14,16-18,22,26,30H,2-4,7-8,15H2,1H3. The maximum Gasteiger partial charge on any atom is 0.0818 e. The largest absolute Gasteiger partial charge is 0.388 e. The van der Waals surface area contributed by atoms with E-state index in [1.54, 1.807) is 0 Å². The molecule has 1 aliphatic rings. The van der Waals surface area contributed by atoms with Gasteiger partial charge >= 0.3 is 0 Å². The molecule has 1 fully saturated rings. The van der Waals surface area contributed by atoms with Gasteiger partial charge in [0.05, 0.1) is 29.4 Å². The summed E-state index contributed by atoms with van der Waals surface area (Å²) in [4.78, 5) is 4.46. The fourth-order valence-corrected chi connectivity index (χ4v) is 4.99. The molecule has 2 atom stereocenters. The highest BCUT2D eigenvalue weighted by Gasteiger charge is 2.21. The van der Waals surface area contributed by atoms with Crippen LogP contribution >= 0.6 is 0 Å². The first-order valence-electron chi connectivity index (χ1n) is 11.2. The first-order valence-corrected chi connectivity index (χ1v) is 11.2. The summed E-state index contributed by atoms with van der Waals surface area (Å²) in [7, 11) is 0. The number of para-hydroxylation sites is 1. The maximum absolute atomic E-state index is 11.1. The molecule has 2 aromatic carbocycles. The molecular weight excluding hydrogens is 370 g/mol. The van der Waals surface area contributed by atoms with Gasteiger partial charge in [-0.15, -0.1) is 0 Å². The van der Waals surface area contributed by atoms with Gasteiger partial charge in [0.15, 0.2) is 0 Å². The van der Waals surface area contributed by atoms with E-state index in [2.05, 4.69) is 46.9 Å². The van der Waals surface area contributed by atoms with E-state index < -0.39 is 6.10 Å². The van der Waals surface area contributed by atoms with E-state index in [9.17, 15) is 5.11 Å². The fraction of sp³-hybridized carbons (Fsp3) is 0.385. The van der Waals surface area contributed by atoms with E-state index in [0.717, 1.165) is 22.9 Å². The molecule has 1 N–H and O–H groups in total. The average molecular weight is 400 g/mol. The van der Waals surface area contributed by atoms with Gasteiger partial charge in [0.1, 0.15) is 0 Å². The van der Waals surface area contributed by atoms with Gasteiger partial charge in [-0.05, 0) is 60.6 Å². The van der Waals surface area contributed by atoms with E-state index in [-0.39, 0.29) is 5.92 Å². The van der Waals surface area contributed by atoms with Gasteiger partial charge in [-0.3, -0.25) is 9.67 Å². The topological polar surface area (TPSA) is 50.9 Å². The SMILES string of the molecule is CC(Cc1ccnc2ccccc12)C(O)c1ccc2c(cnn2C2CCCCC2)c1. The second kappa shape index (κ2) is 8.19. The van der Waals surface area contributed by atoms with Gasteiger partial charge in [0.25, 0.3) is 0 Å².